The average molecular weight is 300 g/mol. The fourth-order valence-corrected chi connectivity index (χ4v) is 2.31. The van der Waals surface area contributed by atoms with Gasteiger partial charge < -0.3 is 10.1 Å². The molecule has 5 heteroatoms. The second-order valence-corrected chi connectivity index (χ2v) is 4.96. The Morgan fingerprint density at radius 2 is 1.95 bits per heavy atom. The van der Waals surface area contributed by atoms with Crippen molar-refractivity contribution in [1.82, 2.24) is 9.97 Å². The lowest BCUT2D eigenvalue weighted by Gasteiger charge is -2.09. The van der Waals surface area contributed by atoms with Crippen molar-refractivity contribution in [3.8, 4) is 5.75 Å². The molecule has 106 valence electrons. The summed E-state index contributed by atoms with van der Waals surface area (Å²) >= 11 is 6.10. The van der Waals surface area contributed by atoms with Gasteiger partial charge in [-0.1, -0.05) is 23.7 Å². The molecule has 1 heterocycles. The molecule has 0 aliphatic carbocycles. The first-order valence-corrected chi connectivity index (χ1v) is 6.92. The number of anilines is 1. The SMILES string of the molecule is COc1ccc(NCc2cnc3ccccc3n2)cc1Cl. The lowest BCUT2D eigenvalue weighted by Crippen LogP contribution is -2.02. The zero-order chi connectivity index (χ0) is 14.7. The van der Waals surface area contributed by atoms with Crippen LogP contribution in [0.1, 0.15) is 5.69 Å². The second kappa shape index (κ2) is 5.97. The molecule has 0 fully saturated rings. The summed E-state index contributed by atoms with van der Waals surface area (Å²) in [7, 11) is 1.60. The summed E-state index contributed by atoms with van der Waals surface area (Å²) in [4.78, 5) is 8.95. The number of fused-ring (bicyclic) bond motifs is 1. The van der Waals surface area contributed by atoms with Crippen LogP contribution >= 0.6 is 11.6 Å². The third kappa shape index (κ3) is 3.06. The number of rotatable bonds is 4. The number of methoxy groups -OCH3 is 1. The van der Waals surface area contributed by atoms with Crippen molar-refractivity contribution in [2.45, 2.75) is 6.54 Å². The van der Waals surface area contributed by atoms with E-state index in [0.29, 0.717) is 17.3 Å². The predicted octanol–water partition coefficient (Wildman–Crippen LogP) is 3.90. The molecule has 0 radical (unpaired) electrons. The van der Waals surface area contributed by atoms with Gasteiger partial charge in [-0.15, -0.1) is 0 Å². The maximum atomic E-state index is 6.10. The molecule has 1 aromatic heterocycles. The molecule has 0 saturated heterocycles. The van der Waals surface area contributed by atoms with E-state index in [1.165, 1.54) is 0 Å². The maximum Gasteiger partial charge on any atom is 0.137 e. The number of ether oxygens (including phenoxy) is 1. The Kier molecular flexibility index (Phi) is 3.88. The highest BCUT2D eigenvalue weighted by Crippen LogP contribution is 2.27. The van der Waals surface area contributed by atoms with E-state index in [1.807, 2.05) is 42.5 Å². The average Bonchev–Trinajstić information content (AvgIpc) is 2.53. The first-order valence-electron chi connectivity index (χ1n) is 6.54. The summed E-state index contributed by atoms with van der Waals surface area (Å²) in [6.45, 7) is 0.584. The van der Waals surface area contributed by atoms with E-state index in [0.717, 1.165) is 22.4 Å². The van der Waals surface area contributed by atoms with Crippen LogP contribution in [-0.2, 0) is 6.54 Å². The van der Waals surface area contributed by atoms with E-state index in [1.54, 1.807) is 13.3 Å². The zero-order valence-corrected chi connectivity index (χ0v) is 12.3. The normalized spacial score (nSPS) is 10.6. The van der Waals surface area contributed by atoms with E-state index in [2.05, 4.69) is 15.3 Å². The smallest absolute Gasteiger partial charge is 0.137 e. The van der Waals surface area contributed by atoms with Gasteiger partial charge in [-0.3, -0.25) is 4.98 Å². The molecule has 3 rings (SSSR count). The van der Waals surface area contributed by atoms with Crippen LogP contribution in [0.5, 0.6) is 5.75 Å². The summed E-state index contributed by atoms with van der Waals surface area (Å²) < 4.78 is 5.13. The molecule has 0 saturated carbocycles. The van der Waals surface area contributed by atoms with E-state index < -0.39 is 0 Å². The maximum absolute atomic E-state index is 6.10. The highest BCUT2D eigenvalue weighted by atomic mass is 35.5. The van der Waals surface area contributed by atoms with Crippen LogP contribution in [0.2, 0.25) is 5.02 Å². The molecule has 2 aromatic carbocycles. The summed E-state index contributed by atoms with van der Waals surface area (Å²) in [6.07, 6.45) is 1.78. The molecule has 0 aliphatic rings. The number of hydrogen-bond acceptors (Lipinski definition) is 4. The molecule has 0 unspecified atom stereocenters. The minimum absolute atomic E-state index is 0.576. The van der Waals surface area contributed by atoms with Gasteiger partial charge >= 0.3 is 0 Å². The Balaban J connectivity index is 1.75. The van der Waals surface area contributed by atoms with Crippen molar-refractivity contribution >= 4 is 28.3 Å². The second-order valence-electron chi connectivity index (χ2n) is 4.55. The Morgan fingerprint density at radius 1 is 1.14 bits per heavy atom. The van der Waals surface area contributed by atoms with Crippen LogP contribution < -0.4 is 10.1 Å². The topological polar surface area (TPSA) is 47.0 Å². The number of halogens is 1. The van der Waals surface area contributed by atoms with Crippen molar-refractivity contribution in [2.75, 3.05) is 12.4 Å². The minimum Gasteiger partial charge on any atom is -0.495 e. The lowest BCUT2D eigenvalue weighted by molar-refractivity contribution is 0.415. The molecular formula is C16H14ClN3O. The monoisotopic (exact) mass is 299 g/mol. The van der Waals surface area contributed by atoms with Crippen LogP contribution in [0.4, 0.5) is 5.69 Å². The van der Waals surface area contributed by atoms with Gasteiger partial charge in [0.1, 0.15) is 5.75 Å². The van der Waals surface area contributed by atoms with Gasteiger partial charge in [0, 0.05) is 5.69 Å². The van der Waals surface area contributed by atoms with Gasteiger partial charge in [0.2, 0.25) is 0 Å². The molecule has 3 aromatic rings. The van der Waals surface area contributed by atoms with Crippen molar-refractivity contribution < 1.29 is 4.74 Å². The largest absolute Gasteiger partial charge is 0.495 e. The summed E-state index contributed by atoms with van der Waals surface area (Å²) in [6, 6.07) is 13.4. The standard InChI is InChI=1S/C16H14ClN3O/c1-21-16-7-6-11(8-13(16)17)18-9-12-10-19-14-4-2-3-5-15(14)20-12/h2-8,10,18H,9H2,1H3. The molecule has 0 aliphatic heterocycles. The van der Waals surface area contributed by atoms with Gasteiger partial charge in [-0.2, -0.15) is 0 Å². The van der Waals surface area contributed by atoms with Gasteiger partial charge in [-0.25, -0.2) is 4.98 Å². The Labute approximate surface area is 127 Å². The van der Waals surface area contributed by atoms with Crippen molar-refractivity contribution in [3.05, 3.63) is 59.4 Å². The van der Waals surface area contributed by atoms with Gasteiger partial charge in [-0.05, 0) is 30.3 Å². The van der Waals surface area contributed by atoms with Crippen LogP contribution in [0, 0.1) is 0 Å². The number of aromatic nitrogens is 2. The highest BCUT2D eigenvalue weighted by Gasteiger charge is 2.03. The van der Waals surface area contributed by atoms with Gasteiger partial charge in [0.05, 0.1) is 41.6 Å². The first kappa shape index (κ1) is 13.6. The summed E-state index contributed by atoms with van der Waals surface area (Å²) in [5.74, 6) is 0.660. The lowest BCUT2D eigenvalue weighted by atomic mass is 10.2. The third-order valence-corrected chi connectivity index (χ3v) is 3.42. The molecule has 0 bridgehead atoms. The van der Waals surface area contributed by atoms with Crippen LogP contribution in [0.15, 0.2) is 48.7 Å². The van der Waals surface area contributed by atoms with Crippen LogP contribution in [0.25, 0.3) is 11.0 Å². The van der Waals surface area contributed by atoms with E-state index >= 15 is 0 Å². The molecule has 0 amide bonds. The highest BCUT2D eigenvalue weighted by molar-refractivity contribution is 6.32. The molecule has 0 atom stereocenters. The summed E-state index contributed by atoms with van der Waals surface area (Å²) in [5, 5.41) is 3.85. The van der Waals surface area contributed by atoms with Crippen molar-refractivity contribution in [2.24, 2.45) is 0 Å². The quantitative estimate of drug-likeness (QED) is 0.793. The Bertz CT molecular complexity index is 776. The van der Waals surface area contributed by atoms with Gasteiger partial charge in [0.15, 0.2) is 0 Å². The minimum atomic E-state index is 0.576. The molecule has 0 spiro atoms. The fraction of sp³-hybridized carbons (Fsp3) is 0.125. The molecular weight excluding hydrogens is 286 g/mol. The first-order chi connectivity index (χ1) is 10.3. The number of hydrogen-bond donors (Lipinski definition) is 1. The van der Waals surface area contributed by atoms with E-state index in [4.69, 9.17) is 16.3 Å². The fourth-order valence-electron chi connectivity index (χ4n) is 2.05. The zero-order valence-electron chi connectivity index (χ0n) is 11.5. The molecule has 21 heavy (non-hydrogen) atoms. The summed E-state index contributed by atoms with van der Waals surface area (Å²) in [5.41, 5.74) is 3.58. The Hall–Kier alpha value is -2.33. The molecule has 1 N–H and O–H groups in total. The van der Waals surface area contributed by atoms with Crippen molar-refractivity contribution in [3.63, 3.8) is 0 Å². The van der Waals surface area contributed by atoms with E-state index in [-0.39, 0.29) is 0 Å². The molecule has 4 nitrogen and oxygen atoms in total. The van der Waals surface area contributed by atoms with Crippen LogP contribution in [-0.4, -0.2) is 17.1 Å². The Morgan fingerprint density at radius 3 is 2.71 bits per heavy atom. The van der Waals surface area contributed by atoms with E-state index in [9.17, 15) is 0 Å². The number of nitrogens with one attached hydrogen (secondary N) is 1. The number of para-hydroxylation sites is 2. The van der Waals surface area contributed by atoms with Gasteiger partial charge in [0.25, 0.3) is 0 Å². The van der Waals surface area contributed by atoms with Crippen LogP contribution in [0.3, 0.4) is 0 Å². The third-order valence-electron chi connectivity index (χ3n) is 3.12. The van der Waals surface area contributed by atoms with Crippen molar-refractivity contribution in [1.29, 1.82) is 0 Å². The predicted molar refractivity (Wildman–Crippen MR) is 84.9 cm³/mol. The number of benzene rings is 2. The number of nitrogens with zero attached hydrogens (tertiary/aromatic N) is 2.